The van der Waals surface area contributed by atoms with E-state index in [2.05, 4.69) is 26.0 Å². The number of Topliss-reactive ketones (excluding diaryl/α,β-unsaturated/α-hetero) is 2. The Morgan fingerprint density at radius 3 is 2.17 bits per heavy atom. The second-order valence-corrected chi connectivity index (χ2v) is 11.0. The summed E-state index contributed by atoms with van der Waals surface area (Å²) in [6, 6.07) is 11.9. The third kappa shape index (κ3) is 5.97. The summed E-state index contributed by atoms with van der Waals surface area (Å²) in [7, 11) is 0. The van der Waals surface area contributed by atoms with Crippen LogP contribution in [0.5, 0.6) is 0 Å². The van der Waals surface area contributed by atoms with Crippen molar-refractivity contribution < 1.29 is 19.1 Å². The maximum atomic E-state index is 13.6. The van der Waals surface area contributed by atoms with Crippen LogP contribution in [0.4, 0.5) is 4.79 Å². The molecule has 188 valence electrons. The first-order valence-electron chi connectivity index (χ1n) is 12.2. The van der Waals surface area contributed by atoms with Crippen LogP contribution in [-0.4, -0.2) is 48.5 Å². The molecule has 2 atom stereocenters. The van der Waals surface area contributed by atoms with Gasteiger partial charge in [0.25, 0.3) is 0 Å². The molecular weight excluding hydrogens is 458 g/mol. The zero-order valence-corrected chi connectivity index (χ0v) is 22.8. The second kappa shape index (κ2) is 11.0. The number of ketones is 2. The highest BCUT2D eigenvalue weighted by molar-refractivity contribution is 7.98. The summed E-state index contributed by atoms with van der Waals surface area (Å²) in [5, 5.41) is 0. The number of amides is 1. The van der Waals surface area contributed by atoms with E-state index in [4.69, 9.17) is 4.74 Å². The van der Waals surface area contributed by atoms with Crippen molar-refractivity contribution in [3.05, 3.63) is 64.2 Å². The molecule has 0 aliphatic carbocycles. The van der Waals surface area contributed by atoms with E-state index in [1.54, 1.807) is 30.5 Å². The Hall–Kier alpha value is -2.60. The first-order valence-corrected chi connectivity index (χ1v) is 13.4. The summed E-state index contributed by atoms with van der Waals surface area (Å²) in [4.78, 5) is 41.1. The molecule has 1 heterocycles. The van der Waals surface area contributed by atoms with E-state index in [-0.39, 0.29) is 29.5 Å². The summed E-state index contributed by atoms with van der Waals surface area (Å²) in [6.07, 6.45) is 2.30. The van der Waals surface area contributed by atoms with Gasteiger partial charge in [-0.05, 0) is 74.8 Å². The standard InChI is InChI=1S/C29H37NO4S/c1-8-34-28(33)30-16-25(26(17-30)27(32)21-9-11-23(35-7)12-10-21)22-13-18(2)24(19(3)14-22)15-29(5,6)20(4)31/h9-14,25-26H,8,15-17H2,1-7H3. The number of thioether (sulfide) groups is 1. The van der Waals surface area contributed by atoms with Gasteiger partial charge in [0.15, 0.2) is 5.78 Å². The van der Waals surface area contributed by atoms with Crippen LogP contribution < -0.4 is 0 Å². The van der Waals surface area contributed by atoms with Gasteiger partial charge in [-0.1, -0.05) is 38.1 Å². The quantitative estimate of drug-likeness (QED) is 0.320. The maximum absolute atomic E-state index is 13.6. The number of likely N-dealkylation sites (tertiary alicyclic amines) is 1. The number of hydrogen-bond donors (Lipinski definition) is 0. The van der Waals surface area contributed by atoms with Crippen LogP contribution in [-0.2, 0) is 16.0 Å². The predicted octanol–water partition coefficient (Wildman–Crippen LogP) is 6.24. The van der Waals surface area contributed by atoms with Crippen LogP contribution in [0.25, 0.3) is 0 Å². The highest BCUT2D eigenvalue weighted by atomic mass is 32.2. The SMILES string of the molecule is CCOC(=O)N1CC(C(=O)c2ccc(SC)cc2)C(c2cc(C)c(CC(C)(C)C(C)=O)c(C)c2)C1. The first-order chi connectivity index (χ1) is 16.5. The molecule has 1 fully saturated rings. The molecule has 0 radical (unpaired) electrons. The summed E-state index contributed by atoms with van der Waals surface area (Å²) in [6.45, 7) is 12.6. The van der Waals surface area contributed by atoms with Gasteiger partial charge in [0.05, 0.1) is 6.61 Å². The number of aryl methyl sites for hydroxylation is 2. The average Bonchev–Trinajstić information content (AvgIpc) is 3.26. The lowest BCUT2D eigenvalue weighted by Gasteiger charge is -2.25. The molecule has 2 aromatic carbocycles. The van der Waals surface area contributed by atoms with Gasteiger partial charge in [-0.2, -0.15) is 0 Å². The minimum absolute atomic E-state index is 0.0477. The molecule has 1 aliphatic rings. The van der Waals surface area contributed by atoms with Crippen molar-refractivity contribution in [1.29, 1.82) is 0 Å². The Kier molecular flexibility index (Phi) is 8.47. The molecule has 0 saturated carbocycles. The number of nitrogens with zero attached hydrogens (tertiary/aromatic N) is 1. The summed E-state index contributed by atoms with van der Waals surface area (Å²) in [5.41, 5.74) is 4.67. The van der Waals surface area contributed by atoms with Crippen LogP contribution in [0, 0.1) is 25.2 Å². The van der Waals surface area contributed by atoms with Gasteiger partial charge in [0.2, 0.25) is 0 Å². The van der Waals surface area contributed by atoms with E-state index >= 15 is 0 Å². The summed E-state index contributed by atoms with van der Waals surface area (Å²) >= 11 is 1.64. The Morgan fingerprint density at radius 1 is 1.06 bits per heavy atom. The van der Waals surface area contributed by atoms with Gasteiger partial charge in [0, 0.05) is 40.8 Å². The molecule has 0 N–H and O–H groups in total. The number of benzene rings is 2. The van der Waals surface area contributed by atoms with Crippen molar-refractivity contribution in [3.8, 4) is 0 Å². The first kappa shape index (κ1) is 27.0. The highest BCUT2D eigenvalue weighted by Crippen LogP contribution is 2.38. The number of carbonyl (C=O) groups excluding carboxylic acids is 3. The molecule has 1 aliphatic heterocycles. The van der Waals surface area contributed by atoms with E-state index in [0.717, 1.165) is 21.6 Å². The smallest absolute Gasteiger partial charge is 0.409 e. The number of hydrogen-bond acceptors (Lipinski definition) is 5. The normalized spacial score (nSPS) is 18.0. The van der Waals surface area contributed by atoms with Crippen molar-refractivity contribution >= 4 is 29.4 Å². The molecule has 35 heavy (non-hydrogen) atoms. The summed E-state index contributed by atoms with van der Waals surface area (Å²) < 4.78 is 5.26. The van der Waals surface area contributed by atoms with Crippen LogP contribution in [0.3, 0.4) is 0 Å². The van der Waals surface area contributed by atoms with Crippen LogP contribution in [0.1, 0.15) is 66.2 Å². The van der Waals surface area contributed by atoms with Gasteiger partial charge in [-0.3, -0.25) is 9.59 Å². The fraction of sp³-hybridized carbons (Fsp3) is 0.483. The van der Waals surface area contributed by atoms with Gasteiger partial charge < -0.3 is 9.64 Å². The zero-order valence-electron chi connectivity index (χ0n) is 21.9. The van der Waals surface area contributed by atoms with Gasteiger partial charge in [-0.25, -0.2) is 4.79 Å². The molecule has 0 spiro atoms. The van der Waals surface area contributed by atoms with E-state index in [1.165, 1.54) is 5.56 Å². The molecule has 0 bridgehead atoms. The molecule has 2 aromatic rings. The van der Waals surface area contributed by atoms with E-state index < -0.39 is 5.41 Å². The molecule has 6 heteroatoms. The minimum atomic E-state index is -0.438. The molecule has 3 rings (SSSR count). The maximum Gasteiger partial charge on any atom is 0.409 e. The Labute approximate surface area is 213 Å². The van der Waals surface area contributed by atoms with Gasteiger partial charge in [0.1, 0.15) is 5.78 Å². The molecule has 5 nitrogen and oxygen atoms in total. The largest absolute Gasteiger partial charge is 0.450 e. The Morgan fingerprint density at radius 2 is 1.66 bits per heavy atom. The fourth-order valence-electron chi connectivity index (χ4n) is 4.83. The van der Waals surface area contributed by atoms with Crippen LogP contribution in [0.2, 0.25) is 0 Å². The van der Waals surface area contributed by atoms with E-state index in [0.29, 0.717) is 31.7 Å². The molecule has 1 saturated heterocycles. The van der Waals surface area contributed by atoms with Crippen molar-refractivity contribution in [2.45, 2.75) is 58.8 Å². The molecule has 2 unspecified atom stereocenters. The summed E-state index contributed by atoms with van der Waals surface area (Å²) in [5.74, 6) is -0.261. The van der Waals surface area contributed by atoms with Gasteiger partial charge >= 0.3 is 6.09 Å². The van der Waals surface area contributed by atoms with Crippen LogP contribution in [0.15, 0.2) is 41.3 Å². The topological polar surface area (TPSA) is 63.7 Å². The van der Waals surface area contributed by atoms with Crippen LogP contribution >= 0.6 is 11.8 Å². The minimum Gasteiger partial charge on any atom is -0.450 e. The molecule has 1 amide bonds. The Bertz CT molecular complexity index is 1080. The van der Waals surface area contributed by atoms with E-state index in [1.807, 2.05) is 44.4 Å². The van der Waals surface area contributed by atoms with Crippen molar-refractivity contribution in [2.24, 2.45) is 11.3 Å². The van der Waals surface area contributed by atoms with E-state index in [9.17, 15) is 14.4 Å². The van der Waals surface area contributed by atoms with Crippen molar-refractivity contribution in [3.63, 3.8) is 0 Å². The number of ether oxygens (including phenoxy) is 1. The highest BCUT2D eigenvalue weighted by Gasteiger charge is 2.41. The molecule has 0 aromatic heterocycles. The van der Waals surface area contributed by atoms with Gasteiger partial charge in [-0.15, -0.1) is 11.8 Å². The number of rotatable bonds is 8. The molecular formula is C29H37NO4S. The van der Waals surface area contributed by atoms with Crippen molar-refractivity contribution in [2.75, 3.05) is 26.0 Å². The predicted molar refractivity (Wildman–Crippen MR) is 141 cm³/mol. The van der Waals surface area contributed by atoms with Crippen molar-refractivity contribution in [1.82, 2.24) is 4.90 Å². The lowest BCUT2D eigenvalue weighted by atomic mass is 9.77. The second-order valence-electron chi connectivity index (χ2n) is 10.2. The number of carbonyl (C=O) groups is 3. The third-order valence-corrected chi connectivity index (χ3v) is 8.02. The monoisotopic (exact) mass is 495 g/mol. The third-order valence-electron chi connectivity index (χ3n) is 7.28. The Balaban J connectivity index is 1.97. The lowest BCUT2D eigenvalue weighted by Crippen LogP contribution is -2.30. The average molecular weight is 496 g/mol. The zero-order chi connectivity index (χ0) is 25.9. The fourth-order valence-corrected chi connectivity index (χ4v) is 5.23. The lowest BCUT2D eigenvalue weighted by molar-refractivity contribution is -0.124.